The SMILES string of the molecule is CC[C@H]1CN(C(=O)NC(C)C)CC[C@H]1CC(=O)N(CC)C(=O)NCCCN(C)C. The molecule has 29 heavy (non-hydrogen) atoms. The number of nitrogens with one attached hydrogen (secondary N) is 2. The molecule has 2 atom stereocenters. The third kappa shape index (κ3) is 8.60. The molecule has 0 spiro atoms. The predicted molar refractivity (Wildman–Crippen MR) is 116 cm³/mol. The van der Waals surface area contributed by atoms with E-state index >= 15 is 0 Å². The lowest BCUT2D eigenvalue weighted by Crippen LogP contribution is -2.50. The van der Waals surface area contributed by atoms with Gasteiger partial charge in [0, 0.05) is 38.6 Å². The molecule has 8 heteroatoms. The van der Waals surface area contributed by atoms with Gasteiger partial charge in [-0.15, -0.1) is 0 Å². The second kappa shape index (κ2) is 12.7. The summed E-state index contributed by atoms with van der Waals surface area (Å²) in [7, 11) is 3.98. The molecule has 1 fully saturated rings. The van der Waals surface area contributed by atoms with Crippen LogP contribution in [0.4, 0.5) is 9.59 Å². The maximum absolute atomic E-state index is 12.8. The summed E-state index contributed by atoms with van der Waals surface area (Å²) in [5.74, 6) is 0.347. The third-order valence-electron chi connectivity index (χ3n) is 5.47. The van der Waals surface area contributed by atoms with Gasteiger partial charge in [0.25, 0.3) is 0 Å². The van der Waals surface area contributed by atoms with Crippen LogP contribution >= 0.6 is 0 Å². The summed E-state index contributed by atoms with van der Waals surface area (Å²) in [4.78, 5) is 42.8. The molecular weight excluding hydrogens is 370 g/mol. The minimum Gasteiger partial charge on any atom is -0.338 e. The van der Waals surface area contributed by atoms with E-state index < -0.39 is 0 Å². The molecule has 0 aromatic carbocycles. The summed E-state index contributed by atoms with van der Waals surface area (Å²) < 4.78 is 0. The number of amides is 5. The number of imide groups is 1. The van der Waals surface area contributed by atoms with Crippen LogP contribution in [0.2, 0.25) is 0 Å². The maximum atomic E-state index is 12.8. The quantitative estimate of drug-likeness (QED) is 0.571. The number of piperidine rings is 1. The van der Waals surface area contributed by atoms with E-state index in [1.165, 1.54) is 4.90 Å². The van der Waals surface area contributed by atoms with Gasteiger partial charge in [-0.1, -0.05) is 13.3 Å². The average Bonchev–Trinajstić information content (AvgIpc) is 2.65. The van der Waals surface area contributed by atoms with E-state index in [1.54, 1.807) is 0 Å². The van der Waals surface area contributed by atoms with Crippen LogP contribution in [0.1, 0.15) is 53.4 Å². The second-order valence-corrected chi connectivity index (χ2v) is 8.50. The molecule has 1 aliphatic rings. The van der Waals surface area contributed by atoms with Gasteiger partial charge in [0.15, 0.2) is 0 Å². The van der Waals surface area contributed by atoms with Gasteiger partial charge in [-0.25, -0.2) is 9.59 Å². The zero-order valence-corrected chi connectivity index (χ0v) is 19.2. The average molecular weight is 412 g/mol. The van der Waals surface area contributed by atoms with E-state index in [2.05, 4.69) is 22.5 Å². The van der Waals surface area contributed by atoms with Crippen LogP contribution in [0.5, 0.6) is 0 Å². The van der Waals surface area contributed by atoms with Gasteiger partial charge in [0.2, 0.25) is 5.91 Å². The minimum absolute atomic E-state index is 0.0319. The first-order chi connectivity index (χ1) is 13.7. The van der Waals surface area contributed by atoms with Gasteiger partial charge in [-0.2, -0.15) is 0 Å². The van der Waals surface area contributed by atoms with Crippen LogP contribution in [0.15, 0.2) is 0 Å². The van der Waals surface area contributed by atoms with Crippen molar-refractivity contribution in [2.75, 3.05) is 46.8 Å². The number of nitrogens with zero attached hydrogens (tertiary/aromatic N) is 3. The molecule has 0 bridgehead atoms. The van der Waals surface area contributed by atoms with Crippen molar-refractivity contribution < 1.29 is 14.4 Å². The Morgan fingerprint density at radius 1 is 1.14 bits per heavy atom. The van der Waals surface area contributed by atoms with Gasteiger partial charge in [-0.3, -0.25) is 9.69 Å². The van der Waals surface area contributed by atoms with Crippen molar-refractivity contribution in [2.24, 2.45) is 11.8 Å². The van der Waals surface area contributed by atoms with Crippen molar-refractivity contribution in [1.82, 2.24) is 25.3 Å². The Kier molecular flexibility index (Phi) is 11.0. The Morgan fingerprint density at radius 3 is 2.38 bits per heavy atom. The summed E-state index contributed by atoms with van der Waals surface area (Å²) in [5.41, 5.74) is 0. The second-order valence-electron chi connectivity index (χ2n) is 8.50. The summed E-state index contributed by atoms with van der Waals surface area (Å²) in [6.45, 7) is 10.9. The Bertz CT molecular complexity index is 538. The molecule has 0 radical (unpaired) electrons. The number of carbonyl (C=O) groups excluding carboxylic acids is 3. The lowest BCUT2D eigenvalue weighted by atomic mass is 9.81. The van der Waals surface area contributed by atoms with Gasteiger partial charge >= 0.3 is 12.1 Å². The summed E-state index contributed by atoms with van der Waals surface area (Å²) >= 11 is 0. The van der Waals surface area contributed by atoms with E-state index in [1.807, 2.05) is 39.8 Å². The van der Waals surface area contributed by atoms with E-state index in [0.29, 0.717) is 32.6 Å². The topological polar surface area (TPSA) is 85.0 Å². The van der Waals surface area contributed by atoms with Crippen LogP contribution < -0.4 is 10.6 Å². The molecule has 1 saturated heterocycles. The molecule has 1 rings (SSSR count). The van der Waals surface area contributed by atoms with Crippen molar-refractivity contribution in [2.45, 2.75) is 59.4 Å². The lowest BCUT2D eigenvalue weighted by molar-refractivity contribution is -0.130. The Hall–Kier alpha value is -1.83. The van der Waals surface area contributed by atoms with E-state index in [0.717, 1.165) is 25.8 Å². The molecule has 168 valence electrons. The highest BCUT2D eigenvalue weighted by molar-refractivity contribution is 5.94. The number of carbonyl (C=O) groups is 3. The monoisotopic (exact) mass is 411 g/mol. The van der Waals surface area contributed by atoms with Gasteiger partial charge in [-0.05, 0) is 66.1 Å². The first kappa shape index (κ1) is 25.2. The fourth-order valence-electron chi connectivity index (χ4n) is 3.79. The van der Waals surface area contributed by atoms with Gasteiger partial charge < -0.3 is 20.4 Å². The molecule has 1 heterocycles. The third-order valence-corrected chi connectivity index (χ3v) is 5.47. The summed E-state index contributed by atoms with van der Waals surface area (Å²) in [6, 6.07) is -0.232. The summed E-state index contributed by atoms with van der Waals surface area (Å²) in [5, 5.41) is 5.79. The highest BCUT2D eigenvalue weighted by Gasteiger charge is 2.33. The fourth-order valence-corrected chi connectivity index (χ4v) is 3.79. The van der Waals surface area contributed by atoms with E-state index in [9.17, 15) is 14.4 Å². The number of hydrogen-bond donors (Lipinski definition) is 2. The van der Waals surface area contributed by atoms with E-state index in [-0.39, 0.29) is 35.8 Å². The summed E-state index contributed by atoms with van der Waals surface area (Å²) in [6.07, 6.45) is 2.90. The van der Waals surface area contributed by atoms with Crippen LogP contribution in [0, 0.1) is 11.8 Å². The molecule has 0 saturated carbocycles. The van der Waals surface area contributed by atoms with Crippen molar-refractivity contribution >= 4 is 18.0 Å². The number of hydrogen-bond acceptors (Lipinski definition) is 4. The molecule has 0 unspecified atom stereocenters. The zero-order chi connectivity index (χ0) is 22.0. The Labute approximate surface area is 176 Å². The lowest BCUT2D eigenvalue weighted by Gasteiger charge is -2.38. The zero-order valence-electron chi connectivity index (χ0n) is 19.2. The van der Waals surface area contributed by atoms with Crippen LogP contribution in [-0.2, 0) is 4.79 Å². The number of rotatable bonds is 9. The van der Waals surface area contributed by atoms with Crippen molar-refractivity contribution in [3.63, 3.8) is 0 Å². The number of likely N-dealkylation sites (tertiary alicyclic amines) is 1. The smallest absolute Gasteiger partial charge is 0.324 e. The molecule has 0 aliphatic carbocycles. The van der Waals surface area contributed by atoms with Gasteiger partial charge in [0.05, 0.1) is 0 Å². The number of urea groups is 2. The fraction of sp³-hybridized carbons (Fsp3) is 0.857. The molecule has 5 amide bonds. The first-order valence-electron chi connectivity index (χ1n) is 11.0. The molecule has 8 nitrogen and oxygen atoms in total. The van der Waals surface area contributed by atoms with Crippen molar-refractivity contribution in [1.29, 1.82) is 0 Å². The standard InChI is InChI=1S/C21H41N5O3/c1-7-17-15-25(21(29)23-16(3)4)13-10-18(17)14-19(27)26(8-2)20(28)22-11-9-12-24(5)6/h16-18H,7-15H2,1-6H3,(H,22,28)(H,23,29)/t17-,18-/m0/s1. The first-order valence-corrected chi connectivity index (χ1v) is 11.0. The van der Waals surface area contributed by atoms with Crippen LogP contribution in [0.25, 0.3) is 0 Å². The van der Waals surface area contributed by atoms with Crippen LogP contribution in [-0.4, -0.2) is 85.5 Å². The predicted octanol–water partition coefficient (Wildman–Crippen LogP) is 2.35. The molecule has 0 aromatic heterocycles. The van der Waals surface area contributed by atoms with Gasteiger partial charge in [0.1, 0.15) is 0 Å². The van der Waals surface area contributed by atoms with E-state index in [4.69, 9.17) is 0 Å². The Morgan fingerprint density at radius 2 is 1.83 bits per heavy atom. The largest absolute Gasteiger partial charge is 0.338 e. The normalized spacial score (nSPS) is 19.4. The molecular formula is C21H41N5O3. The molecule has 1 aliphatic heterocycles. The van der Waals surface area contributed by atoms with Crippen molar-refractivity contribution in [3.8, 4) is 0 Å². The maximum Gasteiger partial charge on any atom is 0.324 e. The highest BCUT2D eigenvalue weighted by Crippen LogP contribution is 2.29. The molecule has 0 aromatic rings. The Balaban J connectivity index is 2.57. The van der Waals surface area contributed by atoms with Crippen molar-refractivity contribution in [3.05, 3.63) is 0 Å². The van der Waals surface area contributed by atoms with Crippen LogP contribution in [0.3, 0.4) is 0 Å². The minimum atomic E-state index is -0.307. The molecule has 2 N–H and O–H groups in total. The highest BCUT2D eigenvalue weighted by atomic mass is 16.2.